The van der Waals surface area contributed by atoms with Crippen LogP contribution in [0.25, 0.3) is 0 Å². The molecule has 1 aromatic rings. The second kappa shape index (κ2) is 6.35. The maximum atomic E-state index is 11.2. The van der Waals surface area contributed by atoms with Crippen molar-refractivity contribution < 1.29 is 5.11 Å². The Morgan fingerprint density at radius 1 is 1.33 bits per heavy atom. The van der Waals surface area contributed by atoms with Crippen molar-refractivity contribution in [2.45, 2.75) is 44.6 Å². The van der Waals surface area contributed by atoms with Crippen LogP contribution in [-0.4, -0.2) is 18.2 Å². The highest BCUT2D eigenvalue weighted by Crippen LogP contribution is 2.38. The average molecular weight is 247 g/mol. The first-order chi connectivity index (χ1) is 8.77. The SMILES string of the molecule is CCCC[C@@](O)(c1ccccc1)[C@@H]1CCCNC1. The van der Waals surface area contributed by atoms with Crippen LogP contribution in [0.5, 0.6) is 0 Å². The molecule has 0 unspecified atom stereocenters. The van der Waals surface area contributed by atoms with Crippen LogP contribution in [0.2, 0.25) is 0 Å². The van der Waals surface area contributed by atoms with Crippen molar-refractivity contribution in [1.29, 1.82) is 0 Å². The molecule has 0 spiro atoms. The molecule has 0 amide bonds. The molecular formula is C16H25NO. The van der Waals surface area contributed by atoms with E-state index in [1.807, 2.05) is 18.2 Å². The number of hydrogen-bond donors (Lipinski definition) is 2. The van der Waals surface area contributed by atoms with Gasteiger partial charge in [-0.3, -0.25) is 0 Å². The molecule has 2 N–H and O–H groups in total. The lowest BCUT2D eigenvalue weighted by Crippen LogP contribution is -2.44. The van der Waals surface area contributed by atoms with E-state index < -0.39 is 5.60 Å². The number of rotatable bonds is 5. The minimum absolute atomic E-state index is 0.347. The van der Waals surface area contributed by atoms with Crippen LogP contribution in [0.1, 0.15) is 44.6 Å². The van der Waals surface area contributed by atoms with Crippen LogP contribution in [0.4, 0.5) is 0 Å². The Balaban J connectivity index is 2.21. The Morgan fingerprint density at radius 2 is 2.11 bits per heavy atom. The third kappa shape index (κ3) is 2.93. The van der Waals surface area contributed by atoms with Gasteiger partial charge in [0.05, 0.1) is 5.60 Å². The number of piperidine rings is 1. The number of aliphatic hydroxyl groups is 1. The van der Waals surface area contributed by atoms with Crippen molar-refractivity contribution in [3.05, 3.63) is 35.9 Å². The summed E-state index contributed by atoms with van der Waals surface area (Å²) < 4.78 is 0. The van der Waals surface area contributed by atoms with Crippen molar-refractivity contribution in [1.82, 2.24) is 5.32 Å². The Bertz CT molecular complexity index is 345. The predicted octanol–water partition coefficient (Wildman–Crippen LogP) is 3.06. The van der Waals surface area contributed by atoms with Gasteiger partial charge in [-0.15, -0.1) is 0 Å². The number of nitrogens with one attached hydrogen (secondary N) is 1. The van der Waals surface area contributed by atoms with Gasteiger partial charge in [-0.1, -0.05) is 50.1 Å². The molecule has 2 rings (SSSR count). The molecule has 2 atom stereocenters. The van der Waals surface area contributed by atoms with E-state index in [0.29, 0.717) is 5.92 Å². The molecule has 1 aromatic carbocycles. The maximum absolute atomic E-state index is 11.2. The highest BCUT2D eigenvalue weighted by molar-refractivity contribution is 5.23. The zero-order valence-corrected chi connectivity index (χ0v) is 11.4. The molecule has 0 bridgehead atoms. The van der Waals surface area contributed by atoms with Gasteiger partial charge in [0.1, 0.15) is 0 Å². The first kappa shape index (κ1) is 13.6. The third-order valence-corrected chi connectivity index (χ3v) is 4.16. The number of unbranched alkanes of at least 4 members (excludes halogenated alkanes) is 1. The van der Waals surface area contributed by atoms with Gasteiger partial charge in [-0.2, -0.15) is 0 Å². The third-order valence-electron chi connectivity index (χ3n) is 4.16. The lowest BCUT2D eigenvalue weighted by atomic mass is 9.74. The van der Waals surface area contributed by atoms with Gasteiger partial charge in [0.15, 0.2) is 0 Å². The minimum atomic E-state index is -0.648. The highest BCUT2D eigenvalue weighted by atomic mass is 16.3. The summed E-state index contributed by atoms with van der Waals surface area (Å²) in [5.74, 6) is 0.347. The monoisotopic (exact) mass is 247 g/mol. The van der Waals surface area contributed by atoms with Gasteiger partial charge in [0, 0.05) is 12.5 Å². The van der Waals surface area contributed by atoms with Gasteiger partial charge in [0.25, 0.3) is 0 Å². The number of hydrogen-bond acceptors (Lipinski definition) is 2. The van der Waals surface area contributed by atoms with Crippen molar-refractivity contribution >= 4 is 0 Å². The fourth-order valence-electron chi connectivity index (χ4n) is 3.02. The summed E-state index contributed by atoms with van der Waals surface area (Å²) in [6, 6.07) is 10.2. The van der Waals surface area contributed by atoms with Gasteiger partial charge < -0.3 is 10.4 Å². The van der Waals surface area contributed by atoms with Crippen LogP contribution in [-0.2, 0) is 5.60 Å². The van der Waals surface area contributed by atoms with Crippen LogP contribution in [0.3, 0.4) is 0 Å². The Kier molecular flexibility index (Phi) is 4.79. The standard InChI is InChI=1S/C16H25NO/c1-2-3-11-16(18,14-8-5-4-6-9-14)15-10-7-12-17-13-15/h4-6,8-9,15,17-18H,2-3,7,10-13H2,1H3/t15-,16-/m1/s1. The molecule has 0 aromatic heterocycles. The fraction of sp³-hybridized carbons (Fsp3) is 0.625. The van der Waals surface area contributed by atoms with E-state index in [1.54, 1.807) is 0 Å². The molecule has 1 aliphatic rings. The van der Waals surface area contributed by atoms with Crippen molar-refractivity contribution in [3.63, 3.8) is 0 Å². The number of benzene rings is 1. The molecule has 0 saturated carbocycles. The predicted molar refractivity (Wildman–Crippen MR) is 75.5 cm³/mol. The van der Waals surface area contributed by atoms with Gasteiger partial charge in [-0.25, -0.2) is 0 Å². The van der Waals surface area contributed by atoms with Crippen LogP contribution >= 0.6 is 0 Å². The molecule has 1 fully saturated rings. The molecule has 100 valence electrons. The summed E-state index contributed by atoms with van der Waals surface area (Å²) in [5, 5.41) is 14.6. The zero-order chi connectivity index (χ0) is 12.8. The molecule has 1 heterocycles. The maximum Gasteiger partial charge on any atom is 0.0936 e. The van der Waals surface area contributed by atoms with Gasteiger partial charge in [0.2, 0.25) is 0 Å². The zero-order valence-electron chi connectivity index (χ0n) is 11.4. The van der Waals surface area contributed by atoms with E-state index in [2.05, 4.69) is 24.4 Å². The molecule has 0 aliphatic carbocycles. The van der Waals surface area contributed by atoms with Crippen LogP contribution in [0.15, 0.2) is 30.3 Å². The Hall–Kier alpha value is -0.860. The first-order valence-electron chi connectivity index (χ1n) is 7.26. The van der Waals surface area contributed by atoms with Crippen molar-refractivity contribution in [3.8, 4) is 0 Å². The second-order valence-electron chi connectivity index (χ2n) is 5.44. The Labute approximate surface area is 110 Å². The smallest absolute Gasteiger partial charge is 0.0936 e. The van der Waals surface area contributed by atoms with E-state index in [-0.39, 0.29) is 0 Å². The van der Waals surface area contributed by atoms with E-state index in [1.165, 1.54) is 6.42 Å². The largest absolute Gasteiger partial charge is 0.385 e. The topological polar surface area (TPSA) is 32.3 Å². The van der Waals surface area contributed by atoms with E-state index in [9.17, 15) is 5.11 Å². The van der Waals surface area contributed by atoms with E-state index in [0.717, 1.165) is 44.3 Å². The second-order valence-corrected chi connectivity index (χ2v) is 5.44. The van der Waals surface area contributed by atoms with E-state index in [4.69, 9.17) is 0 Å². The summed E-state index contributed by atoms with van der Waals surface area (Å²) in [7, 11) is 0. The summed E-state index contributed by atoms with van der Waals surface area (Å²) in [4.78, 5) is 0. The summed E-state index contributed by atoms with van der Waals surface area (Å²) in [6.07, 6.45) is 5.39. The molecular weight excluding hydrogens is 222 g/mol. The molecule has 1 aliphatic heterocycles. The van der Waals surface area contributed by atoms with Crippen LogP contribution < -0.4 is 5.32 Å². The summed E-state index contributed by atoms with van der Waals surface area (Å²) in [6.45, 7) is 4.22. The van der Waals surface area contributed by atoms with Crippen molar-refractivity contribution in [2.75, 3.05) is 13.1 Å². The molecule has 18 heavy (non-hydrogen) atoms. The van der Waals surface area contributed by atoms with E-state index >= 15 is 0 Å². The first-order valence-corrected chi connectivity index (χ1v) is 7.26. The van der Waals surface area contributed by atoms with Crippen molar-refractivity contribution in [2.24, 2.45) is 5.92 Å². The normalized spacial score (nSPS) is 23.6. The molecule has 1 saturated heterocycles. The molecule has 2 nitrogen and oxygen atoms in total. The van der Waals surface area contributed by atoms with Crippen LogP contribution in [0, 0.1) is 5.92 Å². The average Bonchev–Trinajstić information content (AvgIpc) is 2.46. The summed E-state index contributed by atoms with van der Waals surface area (Å²) >= 11 is 0. The fourth-order valence-corrected chi connectivity index (χ4v) is 3.02. The quantitative estimate of drug-likeness (QED) is 0.838. The van der Waals surface area contributed by atoms with Gasteiger partial charge in [-0.05, 0) is 31.4 Å². The Morgan fingerprint density at radius 3 is 2.72 bits per heavy atom. The van der Waals surface area contributed by atoms with Gasteiger partial charge >= 0.3 is 0 Å². The highest BCUT2D eigenvalue weighted by Gasteiger charge is 2.38. The molecule has 2 heteroatoms. The molecule has 0 radical (unpaired) electrons. The minimum Gasteiger partial charge on any atom is -0.385 e. The summed E-state index contributed by atoms with van der Waals surface area (Å²) in [5.41, 5.74) is 0.442. The lowest BCUT2D eigenvalue weighted by Gasteiger charge is -2.39. The lowest BCUT2D eigenvalue weighted by molar-refractivity contribution is -0.0423.